The second-order valence-electron chi connectivity index (χ2n) is 2.47. The molecule has 0 unspecified atom stereocenters. The number of rotatable bonds is 2. The minimum Gasteiger partial charge on any atom is -0.468 e. The monoisotopic (exact) mass is 226 g/mol. The van der Waals surface area contributed by atoms with Crippen LogP contribution in [0.15, 0.2) is 12.1 Å². The van der Waals surface area contributed by atoms with Gasteiger partial charge in [0.05, 0.1) is 0 Å². The van der Waals surface area contributed by atoms with Crippen molar-refractivity contribution in [2.24, 2.45) is 0 Å². The molecule has 0 saturated carbocycles. The second kappa shape index (κ2) is 3.91. The maximum absolute atomic E-state index is 11.7. The molecule has 1 heterocycles. The molecule has 1 rings (SSSR count). The summed E-state index contributed by atoms with van der Waals surface area (Å²) in [4.78, 5) is 3.50. The smallest absolute Gasteiger partial charge is 0.422 e. The van der Waals surface area contributed by atoms with E-state index in [1.807, 2.05) is 0 Å². The normalized spacial score (nSPS) is 11.4. The Labute approximate surface area is 82.6 Å². The first-order chi connectivity index (χ1) is 6.37. The van der Waals surface area contributed by atoms with E-state index in [4.69, 9.17) is 17.3 Å². The fourth-order valence-electron chi connectivity index (χ4n) is 0.721. The molecule has 2 N–H and O–H groups in total. The first kappa shape index (κ1) is 10.9. The fourth-order valence-corrected chi connectivity index (χ4v) is 0.931. The Morgan fingerprint density at radius 2 is 2.07 bits per heavy atom. The van der Waals surface area contributed by atoms with Crippen molar-refractivity contribution in [2.45, 2.75) is 6.18 Å². The van der Waals surface area contributed by atoms with E-state index in [0.29, 0.717) is 0 Å². The van der Waals surface area contributed by atoms with Gasteiger partial charge in [0.25, 0.3) is 0 Å². The number of aromatic nitrogens is 1. The molecule has 1 aromatic heterocycles. The summed E-state index contributed by atoms with van der Waals surface area (Å²) in [5, 5.41) is -0.0119. The Morgan fingerprint density at radius 3 is 2.57 bits per heavy atom. The van der Waals surface area contributed by atoms with Crippen LogP contribution in [0.1, 0.15) is 0 Å². The lowest BCUT2D eigenvalue weighted by Gasteiger charge is -2.08. The first-order valence-corrected chi connectivity index (χ1v) is 3.87. The van der Waals surface area contributed by atoms with Crippen LogP contribution in [0.25, 0.3) is 0 Å². The Morgan fingerprint density at radius 1 is 1.43 bits per heavy atom. The SMILES string of the molecule is Nc1cc(Cl)nc(OCC(F)(F)F)c1. The zero-order chi connectivity index (χ0) is 10.8. The van der Waals surface area contributed by atoms with Crippen molar-refractivity contribution < 1.29 is 17.9 Å². The molecule has 0 aliphatic carbocycles. The van der Waals surface area contributed by atoms with Gasteiger partial charge in [-0.15, -0.1) is 0 Å². The van der Waals surface area contributed by atoms with Gasteiger partial charge < -0.3 is 10.5 Å². The number of hydrogen-bond acceptors (Lipinski definition) is 3. The summed E-state index contributed by atoms with van der Waals surface area (Å²) in [5.41, 5.74) is 5.51. The summed E-state index contributed by atoms with van der Waals surface area (Å²) in [6.45, 7) is -1.42. The number of nitrogens with two attached hydrogens (primary N) is 1. The highest BCUT2D eigenvalue weighted by molar-refractivity contribution is 6.29. The number of pyridine rings is 1. The average Bonchev–Trinajstić information content (AvgIpc) is 1.97. The topological polar surface area (TPSA) is 48.1 Å². The molecule has 0 aromatic carbocycles. The molecule has 0 saturated heterocycles. The van der Waals surface area contributed by atoms with Crippen LogP contribution in [0.5, 0.6) is 5.88 Å². The molecular weight excluding hydrogens is 221 g/mol. The number of hydrogen-bond donors (Lipinski definition) is 1. The molecule has 1 aromatic rings. The number of halogens is 4. The Hall–Kier alpha value is -1.17. The van der Waals surface area contributed by atoms with E-state index < -0.39 is 12.8 Å². The van der Waals surface area contributed by atoms with Crippen molar-refractivity contribution in [3.8, 4) is 5.88 Å². The molecule has 0 aliphatic rings. The number of ether oxygens (including phenoxy) is 1. The quantitative estimate of drug-likeness (QED) is 0.787. The van der Waals surface area contributed by atoms with Crippen LogP contribution in [0.3, 0.4) is 0 Å². The van der Waals surface area contributed by atoms with E-state index >= 15 is 0 Å². The maximum atomic E-state index is 11.7. The predicted octanol–water partition coefficient (Wildman–Crippen LogP) is 2.26. The number of nitrogens with zero attached hydrogens (tertiary/aromatic N) is 1. The van der Waals surface area contributed by atoms with Crippen LogP contribution < -0.4 is 10.5 Å². The van der Waals surface area contributed by atoms with Gasteiger partial charge in [0.15, 0.2) is 6.61 Å². The third kappa shape index (κ3) is 3.69. The molecule has 0 amide bonds. The molecule has 0 spiro atoms. The fraction of sp³-hybridized carbons (Fsp3) is 0.286. The van der Waals surface area contributed by atoms with Crippen molar-refractivity contribution in [3.05, 3.63) is 17.3 Å². The van der Waals surface area contributed by atoms with Gasteiger partial charge in [-0.2, -0.15) is 13.2 Å². The molecule has 0 atom stereocenters. The molecule has 78 valence electrons. The van der Waals surface area contributed by atoms with Gasteiger partial charge in [0, 0.05) is 11.8 Å². The van der Waals surface area contributed by atoms with Gasteiger partial charge in [-0.25, -0.2) is 4.98 Å². The average molecular weight is 227 g/mol. The highest BCUT2D eigenvalue weighted by Gasteiger charge is 2.28. The number of anilines is 1. The lowest BCUT2D eigenvalue weighted by Crippen LogP contribution is -2.19. The van der Waals surface area contributed by atoms with Gasteiger partial charge in [-0.1, -0.05) is 11.6 Å². The Kier molecular flexibility index (Phi) is 3.05. The third-order valence-corrected chi connectivity index (χ3v) is 1.37. The summed E-state index contributed by atoms with van der Waals surface area (Å²) >= 11 is 5.45. The Balaban J connectivity index is 2.68. The summed E-state index contributed by atoms with van der Waals surface area (Å²) in [6.07, 6.45) is -4.40. The van der Waals surface area contributed by atoms with E-state index in [9.17, 15) is 13.2 Å². The third-order valence-electron chi connectivity index (χ3n) is 1.18. The summed E-state index contributed by atoms with van der Waals surface area (Å²) in [7, 11) is 0. The Bertz CT molecular complexity index is 309. The first-order valence-electron chi connectivity index (χ1n) is 3.49. The number of alkyl halides is 3. The minimum atomic E-state index is -4.40. The van der Waals surface area contributed by atoms with E-state index in [1.165, 1.54) is 6.07 Å². The van der Waals surface area contributed by atoms with Crippen molar-refractivity contribution in [1.82, 2.24) is 4.98 Å². The summed E-state index contributed by atoms with van der Waals surface area (Å²) in [6, 6.07) is 2.47. The molecule has 14 heavy (non-hydrogen) atoms. The highest BCUT2D eigenvalue weighted by atomic mass is 35.5. The molecule has 3 nitrogen and oxygen atoms in total. The summed E-state index contributed by atoms with van der Waals surface area (Å²) < 4.78 is 39.5. The van der Waals surface area contributed by atoms with E-state index in [-0.39, 0.29) is 16.7 Å². The maximum Gasteiger partial charge on any atom is 0.422 e. The molecule has 0 aliphatic heterocycles. The van der Waals surface area contributed by atoms with Crippen molar-refractivity contribution in [3.63, 3.8) is 0 Å². The van der Waals surface area contributed by atoms with Crippen LogP contribution in [0.4, 0.5) is 18.9 Å². The van der Waals surface area contributed by atoms with Gasteiger partial charge in [-0.05, 0) is 6.07 Å². The lowest BCUT2D eigenvalue weighted by molar-refractivity contribution is -0.154. The zero-order valence-electron chi connectivity index (χ0n) is 6.81. The largest absolute Gasteiger partial charge is 0.468 e. The zero-order valence-corrected chi connectivity index (χ0v) is 7.56. The van der Waals surface area contributed by atoms with Crippen LogP contribution in [-0.4, -0.2) is 17.8 Å². The van der Waals surface area contributed by atoms with Gasteiger partial charge >= 0.3 is 6.18 Å². The van der Waals surface area contributed by atoms with Crippen molar-refractivity contribution in [1.29, 1.82) is 0 Å². The second-order valence-corrected chi connectivity index (χ2v) is 2.85. The lowest BCUT2D eigenvalue weighted by atomic mass is 10.4. The van der Waals surface area contributed by atoms with Crippen LogP contribution in [-0.2, 0) is 0 Å². The molecular formula is C7H6ClF3N2O. The van der Waals surface area contributed by atoms with Gasteiger partial charge in [0.1, 0.15) is 5.15 Å². The van der Waals surface area contributed by atoms with Crippen LogP contribution in [0, 0.1) is 0 Å². The molecule has 0 bridgehead atoms. The van der Waals surface area contributed by atoms with Gasteiger partial charge in [0.2, 0.25) is 5.88 Å². The van der Waals surface area contributed by atoms with Crippen molar-refractivity contribution >= 4 is 17.3 Å². The van der Waals surface area contributed by atoms with E-state index in [1.54, 1.807) is 0 Å². The van der Waals surface area contributed by atoms with Gasteiger partial charge in [-0.3, -0.25) is 0 Å². The minimum absolute atomic E-state index is 0.0119. The standard InChI is InChI=1S/C7H6ClF3N2O/c8-5-1-4(12)2-6(13-5)14-3-7(9,10)11/h1-2H,3H2,(H2,12,13). The van der Waals surface area contributed by atoms with E-state index in [2.05, 4.69) is 9.72 Å². The number of nitrogen functional groups attached to an aromatic ring is 1. The summed E-state index contributed by atoms with van der Waals surface area (Å²) in [5.74, 6) is -0.243. The van der Waals surface area contributed by atoms with Crippen LogP contribution in [0.2, 0.25) is 5.15 Å². The van der Waals surface area contributed by atoms with Crippen LogP contribution >= 0.6 is 11.6 Å². The molecule has 0 fully saturated rings. The molecule has 0 radical (unpaired) electrons. The predicted molar refractivity (Wildman–Crippen MR) is 45.2 cm³/mol. The van der Waals surface area contributed by atoms with E-state index in [0.717, 1.165) is 6.07 Å². The molecule has 7 heteroatoms. The van der Waals surface area contributed by atoms with Crippen molar-refractivity contribution in [2.75, 3.05) is 12.3 Å². The highest BCUT2D eigenvalue weighted by Crippen LogP contribution is 2.20.